The van der Waals surface area contributed by atoms with Crippen LogP contribution >= 0.6 is 0 Å². The van der Waals surface area contributed by atoms with Gasteiger partial charge in [0.15, 0.2) is 0 Å². The molecule has 6 nitrogen and oxygen atoms in total. The highest BCUT2D eigenvalue weighted by molar-refractivity contribution is 5.99. The van der Waals surface area contributed by atoms with Crippen LogP contribution in [0.2, 0.25) is 0 Å². The average molecular weight is 285 g/mol. The molecule has 0 saturated heterocycles. The van der Waals surface area contributed by atoms with Crippen molar-refractivity contribution in [1.82, 2.24) is 4.57 Å². The normalized spacial score (nSPS) is 16.1. The number of fused-ring (bicyclic) bond motifs is 1. The van der Waals surface area contributed by atoms with Gasteiger partial charge in [0.05, 0.1) is 5.69 Å². The third-order valence-electron chi connectivity index (χ3n) is 3.54. The molecule has 0 fully saturated rings. The van der Waals surface area contributed by atoms with E-state index in [0.717, 1.165) is 11.3 Å². The van der Waals surface area contributed by atoms with Gasteiger partial charge in [-0.2, -0.15) is 0 Å². The van der Waals surface area contributed by atoms with Crippen LogP contribution in [-0.4, -0.2) is 23.0 Å². The Bertz CT molecular complexity index is 721. The van der Waals surface area contributed by atoms with Crippen LogP contribution in [0.3, 0.4) is 0 Å². The molecule has 1 aromatic carbocycles. The van der Waals surface area contributed by atoms with E-state index in [2.05, 4.69) is 5.32 Å². The van der Waals surface area contributed by atoms with Crippen molar-refractivity contribution < 1.29 is 14.3 Å². The molecule has 0 spiro atoms. The van der Waals surface area contributed by atoms with Crippen LogP contribution in [0.1, 0.15) is 22.0 Å². The fourth-order valence-electron chi connectivity index (χ4n) is 2.49. The molecule has 1 atom stereocenters. The number of amides is 2. The summed E-state index contributed by atoms with van der Waals surface area (Å²) in [4.78, 5) is 23.6. The predicted molar refractivity (Wildman–Crippen MR) is 77.2 cm³/mol. The number of nitrogens with zero attached hydrogens (tertiary/aromatic N) is 1. The summed E-state index contributed by atoms with van der Waals surface area (Å²) in [5.74, 6) is -0.309. The highest BCUT2D eigenvalue weighted by atomic mass is 16.5. The number of aromatic nitrogens is 1. The number of anilines is 1. The number of hydrogen-bond donors (Lipinski definition) is 2. The van der Waals surface area contributed by atoms with E-state index in [9.17, 15) is 9.59 Å². The van der Waals surface area contributed by atoms with Crippen LogP contribution in [0, 0.1) is 0 Å². The molecule has 108 valence electrons. The maximum atomic E-state index is 12.4. The van der Waals surface area contributed by atoms with Gasteiger partial charge in [-0.05, 0) is 12.1 Å². The maximum Gasteiger partial charge on any atom is 0.265 e. The zero-order chi connectivity index (χ0) is 15.0. The molecule has 21 heavy (non-hydrogen) atoms. The number of hydrogen-bond acceptors (Lipinski definition) is 3. The van der Waals surface area contributed by atoms with E-state index in [1.54, 1.807) is 23.9 Å². The number of benzene rings is 1. The predicted octanol–water partition coefficient (Wildman–Crippen LogP) is 1.24. The minimum absolute atomic E-state index is 0.165. The fraction of sp³-hybridized carbons (Fsp3) is 0.200. The second-order valence-electron chi connectivity index (χ2n) is 4.98. The van der Waals surface area contributed by atoms with Gasteiger partial charge in [0.25, 0.3) is 5.91 Å². The van der Waals surface area contributed by atoms with Gasteiger partial charge in [-0.1, -0.05) is 18.2 Å². The number of ether oxygens (including phenoxy) is 1. The molecular weight excluding hydrogens is 270 g/mol. The minimum atomic E-state index is -0.535. The zero-order valence-corrected chi connectivity index (χ0v) is 11.5. The van der Waals surface area contributed by atoms with Gasteiger partial charge in [-0.15, -0.1) is 0 Å². The Morgan fingerprint density at radius 3 is 2.86 bits per heavy atom. The van der Waals surface area contributed by atoms with Gasteiger partial charge in [-0.25, -0.2) is 0 Å². The Labute approximate surface area is 121 Å². The highest BCUT2D eigenvalue weighted by Crippen LogP contribution is 2.34. The first-order valence-electron chi connectivity index (χ1n) is 6.55. The number of aryl methyl sites for hydroxylation is 1. The summed E-state index contributed by atoms with van der Waals surface area (Å²) in [5.41, 5.74) is 7.01. The first-order valence-corrected chi connectivity index (χ1v) is 6.55. The lowest BCUT2D eigenvalue weighted by Gasteiger charge is -2.08. The van der Waals surface area contributed by atoms with Crippen LogP contribution in [0.4, 0.5) is 5.69 Å². The lowest BCUT2D eigenvalue weighted by Crippen LogP contribution is -2.22. The number of para-hydroxylation sites is 1. The fourth-order valence-corrected chi connectivity index (χ4v) is 2.49. The van der Waals surface area contributed by atoms with Crippen LogP contribution < -0.4 is 15.8 Å². The van der Waals surface area contributed by atoms with E-state index >= 15 is 0 Å². The Morgan fingerprint density at radius 2 is 2.14 bits per heavy atom. The van der Waals surface area contributed by atoms with E-state index in [1.807, 2.05) is 24.3 Å². The Morgan fingerprint density at radius 1 is 1.38 bits per heavy atom. The SMILES string of the molecule is Cn1cc(NC(=O)C2COc3ccccc32)cc1C(N)=O. The summed E-state index contributed by atoms with van der Waals surface area (Å²) >= 11 is 0. The first kappa shape index (κ1) is 13.2. The van der Waals surface area contributed by atoms with Crippen molar-refractivity contribution >= 4 is 17.5 Å². The molecule has 2 heterocycles. The monoisotopic (exact) mass is 285 g/mol. The number of carbonyl (C=O) groups excluding carboxylic acids is 2. The molecule has 1 aliphatic rings. The lowest BCUT2D eigenvalue weighted by atomic mass is 10.0. The molecule has 1 unspecified atom stereocenters. The van der Waals surface area contributed by atoms with Crippen molar-refractivity contribution in [3.63, 3.8) is 0 Å². The van der Waals surface area contributed by atoms with Gasteiger partial charge >= 0.3 is 0 Å². The van der Waals surface area contributed by atoms with E-state index < -0.39 is 5.91 Å². The standard InChI is InChI=1S/C15H15N3O3/c1-18-7-9(6-12(18)14(16)19)17-15(20)11-8-21-13-5-3-2-4-10(11)13/h2-7,11H,8H2,1H3,(H2,16,19)(H,17,20). The molecule has 0 bridgehead atoms. The van der Waals surface area contributed by atoms with Crippen LogP contribution in [0.5, 0.6) is 5.75 Å². The van der Waals surface area contributed by atoms with E-state index in [-0.39, 0.29) is 11.8 Å². The number of primary amides is 1. The molecular formula is C15H15N3O3. The molecule has 3 N–H and O–H groups in total. The van der Waals surface area contributed by atoms with Gasteiger partial charge < -0.3 is 20.4 Å². The summed E-state index contributed by atoms with van der Waals surface area (Å²) < 4.78 is 7.08. The topological polar surface area (TPSA) is 86.3 Å². The zero-order valence-electron chi connectivity index (χ0n) is 11.5. The highest BCUT2D eigenvalue weighted by Gasteiger charge is 2.30. The first-order chi connectivity index (χ1) is 10.1. The third-order valence-corrected chi connectivity index (χ3v) is 3.54. The molecule has 1 aromatic heterocycles. The molecule has 0 radical (unpaired) electrons. The van der Waals surface area contributed by atoms with E-state index in [1.165, 1.54) is 0 Å². The van der Waals surface area contributed by atoms with Crippen molar-refractivity contribution in [2.75, 3.05) is 11.9 Å². The molecule has 2 aromatic rings. The van der Waals surface area contributed by atoms with Crippen molar-refractivity contribution in [3.05, 3.63) is 47.8 Å². The van der Waals surface area contributed by atoms with E-state index in [0.29, 0.717) is 18.0 Å². The second kappa shape index (κ2) is 4.97. The van der Waals surface area contributed by atoms with Crippen LogP contribution in [-0.2, 0) is 11.8 Å². The van der Waals surface area contributed by atoms with Crippen molar-refractivity contribution in [3.8, 4) is 5.75 Å². The Balaban J connectivity index is 1.79. The lowest BCUT2D eigenvalue weighted by molar-refractivity contribution is -0.117. The maximum absolute atomic E-state index is 12.4. The number of nitrogens with two attached hydrogens (primary N) is 1. The summed E-state index contributed by atoms with van der Waals surface area (Å²) in [5, 5.41) is 2.79. The summed E-state index contributed by atoms with van der Waals surface area (Å²) in [6.07, 6.45) is 1.65. The third kappa shape index (κ3) is 2.35. The molecule has 3 rings (SSSR count). The molecule has 1 aliphatic heterocycles. The van der Waals surface area contributed by atoms with Crippen molar-refractivity contribution in [1.29, 1.82) is 0 Å². The van der Waals surface area contributed by atoms with Crippen molar-refractivity contribution in [2.45, 2.75) is 5.92 Å². The summed E-state index contributed by atoms with van der Waals surface area (Å²) in [6, 6.07) is 9.03. The van der Waals surface area contributed by atoms with Crippen LogP contribution in [0.25, 0.3) is 0 Å². The number of rotatable bonds is 3. The number of nitrogens with one attached hydrogen (secondary N) is 1. The van der Waals surface area contributed by atoms with E-state index in [4.69, 9.17) is 10.5 Å². The van der Waals surface area contributed by atoms with Gasteiger partial charge in [0.2, 0.25) is 5.91 Å². The Kier molecular flexibility index (Phi) is 3.13. The van der Waals surface area contributed by atoms with Gasteiger partial charge in [-0.3, -0.25) is 9.59 Å². The van der Waals surface area contributed by atoms with Gasteiger partial charge in [0.1, 0.15) is 24.0 Å². The molecule has 0 saturated carbocycles. The summed E-state index contributed by atoms with van der Waals surface area (Å²) in [7, 11) is 1.70. The Hall–Kier alpha value is -2.76. The van der Waals surface area contributed by atoms with Crippen molar-refractivity contribution in [2.24, 2.45) is 12.8 Å². The largest absolute Gasteiger partial charge is 0.492 e. The quantitative estimate of drug-likeness (QED) is 0.889. The van der Waals surface area contributed by atoms with Gasteiger partial charge in [0, 0.05) is 18.8 Å². The smallest absolute Gasteiger partial charge is 0.265 e. The molecule has 2 amide bonds. The second-order valence-corrected chi connectivity index (χ2v) is 4.98. The number of carbonyl (C=O) groups is 2. The summed E-state index contributed by atoms with van der Waals surface area (Å²) in [6.45, 7) is 0.320. The molecule has 0 aliphatic carbocycles. The minimum Gasteiger partial charge on any atom is -0.492 e. The van der Waals surface area contributed by atoms with Crippen LogP contribution in [0.15, 0.2) is 36.5 Å². The average Bonchev–Trinajstić information content (AvgIpc) is 3.02. The molecule has 6 heteroatoms.